The number of rotatable bonds is 5. The summed E-state index contributed by atoms with van der Waals surface area (Å²) in [4.78, 5) is 14.4. The van der Waals surface area contributed by atoms with Crippen molar-refractivity contribution in [2.75, 3.05) is 19.5 Å². The lowest BCUT2D eigenvalue weighted by Gasteiger charge is -2.08. The van der Waals surface area contributed by atoms with Crippen molar-refractivity contribution in [3.63, 3.8) is 0 Å². The number of aryl methyl sites for hydroxylation is 2. The molecule has 0 spiro atoms. The molecule has 30 heavy (non-hydrogen) atoms. The molecule has 0 fully saturated rings. The second kappa shape index (κ2) is 8.12. The first-order valence-electron chi connectivity index (χ1n) is 9.17. The number of hydrogen-bond acceptors (Lipinski definition) is 5. The Morgan fingerprint density at radius 1 is 1.10 bits per heavy atom. The lowest BCUT2D eigenvalue weighted by molar-refractivity contribution is 0.103. The number of thiophene rings is 1. The molecule has 0 aliphatic carbocycles. The Hall–Kier alpha value is -2.84. The van der Waals surface area contributed by atoms with Crippen molar-refractivity contribution in [3.05, 3.63) is 57.4 Å². The van der Waals surface area contributed by atoms with Crippen LogP contribution in [0.5, 0.6) is 11.5 Å². The van der Waals surface area contributed by atoms with Crippen LogP contribution in [0.3, 0.4) is 0 Å². The molecule has 2 aromatic heterocycles. The number of nitrogens with one attached hydrogen (secondary N) is 1. The van der Waals surface area contributed by atoms with E-state index in [9.17, 15) is 4.79 Å². The van der Waals surface area contributed by atoms with Gasteiger partial charge in [-0.05, 0) is 55.0 Å². The van der Waals surface area contributed by atoms with Crippen LogP contribution in [-0.2, 0) is 7.05 Å². The Morgan fingerprint density at radius 2 is 1.87 bits per heavy atom. The van der Waals surface area contributed by atoms with Gasteiger partial charge in [0.15, 0.2) is 11.5 Å². The van der Waals surface area contributed by atoms with E-state index in [1.165, 1.54) is 11.3 Å². The molecule has 4 aromatic rings. The molecule has 2 aromatic carbocycles. The molecule has 8 heteroatoms. The van der Waals surface area contributed by atoms with E-state index in [4.69, 9.17) is 9.47 Å². The zero-order chi connectivity index (χ0) is 21.4. The summed E-state index contributed by atoms with van der Waals surface area (Å²) in [6.45, 7) is 1.96. The van der Waals surface area contributed by atoms with Crippen LogP contribution in [0, 0.1) is 6.92 Å². The summed E-state index contributed by atoms with van der Waals surface area (Å²) in [5, 5.41) is 8.58. The van der Waals surface area contributed by atoms with Crippen molar-refractivity contribution in [1.82, 2.24) is 9.78 Å². The van der Waals surface area contributed by atoms with Gasteiger partial charge in [-0.3, -0.25) is 9.48 Å². The molecule has 0 aliphatic rings. The molecule has 0 atom stereocenters. The normalized spacial score (nSPS) is 11.0. The molecule has 0 unspecified atom stereocenters. The topological polar surface area (TPSA) is 65.4 Å². The predicted molar refractivity (Wildman–Crippen MR) is 124 cm³/mol. The fraction of sp³-hybridized carbons (Fsp3) is 0.182. The Kier molecular flexibility index (Phi) is 5.53. The molecule has 0 saturated heterocycles. The van der Waals surface area contributed by atoms with Crippen molar-refractivity contribution in [2.45, 2.75) is 6.92 Å². The summed E-state index contributed by atoms with van der Waals surface area (Å²) < 4.78 is 13.5. The van der Waals surface area contributed by atoms with Crippen molar-refractivity contribution in [2.24, 2.45) is 7.05 Å². The zero-order valence-corrected chi connectivity index (χ0v) is 19.3. The number of ether oxygens (including phenoxy) is 2. The summed E-state index contributed by atoms with van der Waals surface area (Å²) in [6.07, 6.45) is 0. The van der Waals surface area contributed by atoms with Gasteiger partial charge < -0.3 is 14.8 Å². The highest BCUT2D eigenvalue weighted by atomic mass is 79.9. The molecule has 0 saturated carbocycles. The number of fused-ring (bicyclic) bond motifs is 1. The van der Waals surface area contributed by atoms with Crippen molar-refractivity contribution in [3.8, 4) is 22.8 Å². The second-order valence-corrected chi connectivity index (χ2v) is 8.73. The molecule has 1 N–H and O–H groups in total. The number of anilines is 1. The van der Waals surface area contributed by atoms with Gasteiger partial charge in [0.1, 0.15) is 10.5 Å². The molecular formula is C22H20BrN3O3S. The summed E-state index contributed by atoms with van der Waals surface area (Å²) >= 11 is 4.86. The minimum Gasteiger partial charge on any atom is -0.493 e. The molecule has 154 valence electrons. The van der Waals surface area contributed by atoms with Gasteiger partial charge in [-0.1, -0.05) is 15.9 Å². The highest BCUT2D eigenvalue weighted by Crippen LogP contribution is 2.37. The quantitative estimate of drug-likeness (QED) is 0.397. The van der Waals surface area contributed by atoms with Gasteiger partial charge in [-0.2, -0.15) is 5.10 Å². The van der Waals surface area contributed by atoms with Gasteiger partial charge >= 0.3 is 0 Å². The number of benzene rings is 2. The molecule has 4 rings (SSSR count). The van der Waals surface area contributed by atoms with E-state index < -0.39 is 0 Å². The van der Waals surface area contributed by atoms with E-state index >= 15 is 0 Å². The number of methoxy groups -OCH3 is 2. The number of nitrogens with zero attached hydrogens (tertiary/aromatic N) is 2. The lowest BCUT2D eigenvalue weighted by Crippen LogP contribution is -2.11. The van der Waals surface area contributed by atoms with Crippen LogP contribution in [0.15, 0.2) is 46.9 Å². The monoisotopic (exact) mass is 485 g/mol. The van der Waals surface area contributed by atoms with Gasteiger partial charge in [-0.25, -0.2) is 0 Å². The zero-order valence-electron chi connectivity index (χ0n) is 16.9. The summed E-state index contributed by atoms with van der Waals surface area (Å²) in [7, 11) is 5.09. The largest absolute Gasteiger partial charge is 0.493 e. The van der Waals surface area contributed by atoms with E-state index in [-0.39, 0.29) is 5.91 Å². The molecule has 1 amide bonds. The Labute approximate surface area is 186 Å². The third kappa shape index (κ3) is 3.68. The lowest BCUT2D eigenvalue weighted by atomic mass is 10.1. The van der Waals surface area contributed by atoms with E-state index in [2.05, 4.69) is 26.3 Å². The SMILES string of the molecule is COc1ccc(-c2nn(C)c3sc(C(=O)Nc4ccc(Br)cc4C)cc23)cc1OC. The van der Waals surface area contributed by atoms with Crippen LogP contribution in [0.4, 0.5) is 5.69 Å². The molecule has 0 aliphatic heterocycles. The highest BCUT2D eigenvalue weighted by Gasteiger charge is 2.19. The van der Waals surface area contributed by atoms with Crippen LogP contribution in [0.1, 0.15) is 15.2 Å². The molecule has 6 nitrogen and oxygen atoms in total. The molecular weight excluding hydrogens is 466 g/mol. The van der Waals surface area contributed by atoms with Crippen molar-refractivity contribution < 1.29 is 14.3 Å². The summed E-state index contributed by atoms with van der Waals surface area (Å²) in [5.74, 6) is 1.15. The fourth-order valence-electron chi connectivity index (χ4n) is 3.30. The second-order valence-electron chi connectivity index (χ2n) is 6.78. The minimum absolute atomic E-state index is 0.139. The standard InChI is InChI=1S/C22H20BrN3O3S/c1-12-9-14(23)6-7-16(12)24-21(27)19-11-15-20(25-26(2)22(15)30-19)13-5-8-17(28-3)18(10-13)29-4/h5-11H,1-4H3,(H,24,27). The maximum atomic E-state index is 12.9. The van der Waals surface area contributed by atoms with E-state index in [1.807, 2.05) is 56.4 Å². The molecule has 2 heterocycles. The smallest absolute Gasteiger partial charge is 0.265 e. The fourth-order valence-corrected chi connectivity index (χ4v) is 4.74. The van der Waals surface area contributed by atoms with E-state index in [0.717, 1.165) is 37.2 Å². The first kappa shape index (κ1) is 20.4. The first-order chi connectivity index (χ1) is 14.4. The van der Waals surface area contributed by atoms with Gasteiger partial charge in [0.2, 0.25) is 0 Å². The van der Waals surface area contributed by atoms with E-state index in [0.29, 0.717) is 16.4 Å². The average Bonchev–Trinajstić information content (AvgIpc) is 3.30. The van der Waals surface area contributed by atoms with E-state index in [1.54, 1.807) is 18.9 Å². The number of carbonyl (C=O) groups is 1. The van der Waals surface area contributed by atoms with Crippen LogP contribution in [-0.4, -0.2) is 29.9 Å². The first-order valence-corrected chi connectivity index (χ1v) is 10.8. The number of aromatic nitrogens is 2. The van der Waals surface area contributed by atoms with Crippen molar-refractivity contribution >= 4 is 49.1 Å². The van der Waals surface area contributed by atoms with Gasteiger partial charge in [-0.15, -0.1) is 11.3 Å². The van der Waals surface area contributed by atoms with Crippen LogP contribution in [0.25, 0.3) is 21.5 Å². The van der Waals surface area contributed by atoms with Gasteiger partial charge in [0, 0.05) is 28.2 Å². The highest BCUT2D eigenvalue weighted by molar-refractivity contribution is 9.10. The summed E-state index contributed by atoms with van der Waals surface area (Å²) in [6, 6.07) is 13.3. The van der Waals surface area contributed by atoms with Gasteiger partial charge in [0.25, 0.3) is 5.91 Å². The maximum absolute atomic E-state index is 12.9. The van der Waals surface area contributed by atoms with Crippen LogP contribution >= 0.6 is 27.3 Å². The number of carbonyl (C=O) groups excluding carboxylic acids is 1. The number of hydrogen-bond donors (Lipinski definition) is 1. The minimum atomic E-state index is -0.139. The Bertz CT molecular complexity index is 1260. The average molecular weight is 486 g/mol. The predicted octanol–water partition coefficient (Wildman–Crippen LogP) is 5.64. The third-order valence-corrected chi connectivity index (χ3v) is 6.52. The van der Waals surface area contributed by atoms with Crippen LogP contribution < -0.4 is 14.8 Å². The van der Waals surface area contributed by atoms with Crippen LogP contribution in [0.2, 0.25) is 0 Å². The summed E-state index contributed by atoms with van der Waals surface area (Å²) in [5.41, 5.74) is 3.47. The third-order valence-electron chi connectivity index (χ3n) is 4.83. The molecule has 0 bridgehead atoms. The maximum Gasteiger partial charge on any atom is 0.265 e. The Morgan fingerprint density at radius 3 is 2.57 bits per heavy atom. The molecule has 0 radical (unpaired) electrons. The van der Waals surface area contributed by atoms with Crippen molar-refractivity contribution in [1.29, 1.82) is 0 Å². The Balaban J connectivity index is 1.71. The number of amides is 1. The van der Waals surface area contributed by atoms with Gasteiger partial charge in [0.05, 0.1) is 19.1 Å². The number of halogens is 1.